The van der Waals surface area contributed by atoms with Crippen LogP contribution in [0.4, 0.5) is 11.4 Å². The number of nitrogens with zero attached hydrogens (tertiary/aromatic N) is 1. The summed E-state index contributed by atoms with van der Waals surface area (Å²) in [6, 6.07) is 10.3. The molecule has 1 unspecified atom stereocenters. The summed E-state index contributed by atoms with van der Waals surface area (Å²) in [5.41, 5.74) is 2.15. The third-order valence-electron chi connectivity index (χ3n) is 4.36. The zero-order valence-electron chi connectivity index (χ0n) is 14.4. The number of rotatable bonds is 4. The van der Waals surface area contributed by atoms with E-state index in [4.69, 9.17) is 27.9 Å². The number of nitrogens with one attached hydrogen (secondary N) is 1. The minimum atomic E-state index is -0.457. The molecule has 5 nitrogen and oxygen atoms in total. The average Bonchev–Trinajstić information content (AvgIpc) is 2.97. The van der Waals surface area contributed by atoms with Crippen LogP contribution >= 0.6 is 23.2 Å². The molecule has 0 bridgehead atoms. The van der Waals surface area contributed by atoms with Crippen LogP contribution in [0.1, 0.15) is 12.0 Å². The summed E-state index contributed by atoms with van der Waals surface area (Å²) >= 11 is 12.0. The van der Waals surface area contributed by atoms with Crippen LogP contribution < -0.4 is 15.0 Å². The largest absolute Gasteiger partial charge is 0.495 e. The Labute approximate surface area is 161 Å². The van der Waals surface area contributed by atoms with Crippen molar-refractivity contribution >= 4 is 46.4 Å². The molecule has 0 aliphatic carbocycles. The third-order valence-corrected chi connectivity index (χ3v) is 4.84. The Kier molecular flexibility index (Phi) is 5.39. The van der Waals surface area contributed by atoms with Gasteiger partial charge in [-0.15, -0.1) is 0 Å². The number of halogens is 2. The first kappa shape index (κ1) is 18.5. The van der Waals surface area contributed by atoms with Crippen LogP contribution in [0.2, 0.25) is 10.0 Å². The van der Waals surface area contributed by atoms with Crippen molar-refractivity contribution in [3.8, 4) is 5.75 Å². The molecular formula is C19H18Cl2N2O3. The van der Waals surface area contributed by atoms with Crippen molar-refractivity contribution in [1.82, 2.24) is 0 Å². The van der Waals surface area contributed by atoms with Gasteiger partial charge in [-0.2, -0.15) is 0 Å². The van der Waals surface area contributed by atoms with Gasteiger partial charge in [-0.3, -0.25) is 9.59 Å². The second-order valence-corrected chi connectivity index (χ2v) is 7.04. The minimum Gasteiger partial charge on any atom is -0.495 e. The van der Waals surface area contributed by atoms with Gasteiger partial charge in [0.15, 0.2) is 0 Å². The van der Waals surface area contributed by atoms with E-state index in [9.17, 15) is 9.59 Å². The van der Waals surface area contributed by atoms with E-state index in [1.807, 2.05) is 6.92 Å². The molecule has 0 aromatic heterocycles. The number of carbonyl (C=O) groups is 2. The molecule has 2 aromatic rings. The molecule has 3 rings (SSSR count). The number of carbonyl (C=O) groups excluding carboxylic acids is 2. The van der Waals surface area contributed by atoms with E-state index in [1.54, 1.807) is 41.3 Å². The fourth-order valence-corrected chi connectivity index (χ4v) is 3.45. The number of benzene rings is 2. The fourth-order valence-electron chi connectivity index (χ4n) is 3.05. The van der Waals surface area contributed by atoms with Crippen molar-refractivity contribution in [2.75, 3.05) is 23.9 Å². The van der Waals surface area contributed by atoms with Crippen LogP contribution in [-0.4, -0.2) is 25.5 Å². The Morgan fingerprint density at radius 3 is 2.58 bits per heavy atom. The predicted molar refractivity (Wildman–Crippen MR) is 103 cm³/mol. The average molecular weight is 393 g/mol. The molecule has 0 radical (unpaired) electrons. The lowest BCUT2D eigenvalue weighted by atomic mass is 10.1. The van der Waals surface area contributed by atoms with Gasteiger partial charge in [0.1, 0.15) is 5.75 Å². The molecule has 1 atom stereocenters. The molecule has 1 aliphatic heterocycles. The number of hydrogen-bond donors (Lipinski definition) is 1. The first-order valence-electron chi connectivity index (χ1n) is 8.10. The van der Waals surface area contributed by atoms with Gasteiger partial charge < -0.3 is 15.0 Å². The van der Waals surface area contributed by atoms with Crippen molar-refractivity contribution in [3.05, 3.63) is 52.0 Å². The van der Waals surface area contributed by atoms with Crippen molar-refractivity contribution < 1.29 is 14.3 Å². The number of ether oxygens (including phenoxy) is 1. The van der Waals surface area contributed by atoms with Crippen LogP contribution in [0.3, 0.4) is 0 Å². The topological polar surface area (TPSA) is 58.6 Å². The Balaban J connectivity index is 1.76. The second kappa shape index (κ2) is 7.56. The molecule has 1 heterocycles. The van der Waals surface area contributed by atoms with Crippen LogP contribution in [0.15, 0.2) is 36.4 Å². The maximum absolute atomic E-state index is 12.6. The summed E-state index contributed by atoms with van der Waals surface area (Å²) in [5.74, 6) is -0.277. The standard InChI is InChI=1S/C19H18Cl2N2O3/c1-11-7-13(20)3-5-16(11)23-10-12(8-18(23)24)19(25)22-15-9-14(21)4-6-17(15)26-2/h3-7,9,12H,8,10H2,1-2H3,(H,22,25). The van der Waals surface area contributed by atoms with Gasteiger partial charge in [-0.1, -0.05) is 23.2 Å². The van der Waals surface area contributed by atoms with E-state index in [-0.39, 0.29) is 18.2 Å². The smallest absolute Gasteiger partial charge is 0.229 e. The van der Waals surface area contributed by atoms with E-state index in [1.165, 1.54) is 7.11 Å². The highest BCUT2D eigenvalue weighted by Crippen LogP contribution is 2.32. The van der Waals surface area contributed by atoms with Gasteiger partial charge in [-0.05, 0) is 48.9 Å². The van der Waals surface area contributed by atoms with E-state index < -0.39 is 5.92 Å². The van der Waals surface area contributed by atoms with Gasteiger partial charge in [0.2, 0.25) is 11.8 Å². The minimum absolute atomic E-state index is 0.0892. The summed E-state index contributed by atoms with van der Waals surface area (Å²) in [6.07, 6.45) is 0.150. The first-order valence-corrected chi connectivity index (χ1v) is 8.85. The zero-order chi connectivity index (χ0) is 18.8. The quantitative estimate of drug-likeness (QED) is 0.843. The Hall–Kier alpha value is -2.24. The summed E-state index contributed by atoms with van der Waals surface area (Å²) in [6.45, 7) is 2.20. The normalized spacial score (nSPS) is 16.7. The van der Waals surface area contributed by atoms with E-state index >= 15 is 0 Å². The summed E-state index contributed by atoms with van der Waals surface area (Å²) in [5, 5.41) is 3.91. The zero-order valence-corrected chi connectivity index (χ0v) is 15.9. The Morgan fingerprint density at radius 1 is 1.19 bits per heavy atom. The van der Waals surface area contributed by atoms with E-state index in [2.05, 4.69) is 5.32 Å². The molecule has 2 amide bonds. The second-order valence-electron chi connectivity index (χ2n) is 6.17. The van der Waals surface area contributed by atoms with Gasteiger partial charge in [0.05, 0.1) is 18.7 Å². The molecule has 1 aliphatic rings. The van der Waals surface area contributed by atoms with Gasteiger partial charge in [-0.25, -0.2) is 0 Å². The highest BCUT2D eigenvalue weighted by Gasteiger charge is 2.36. The lowest BCUT2D eigenvalue weighted by Gasteiger charge is -2.19. The summed E-state index contributed by atoms with van der Waals surface area (Å²) in [4.78, 5) is 26.7. The van der Waals surface area contributed by atoms with Crippen molar-refractivity contribution in [3.63, 3.8) is 0 Å². The lowest BCUT2D eigenvalue weighted by Crippen LogP contribution is -2.28. The monoisotopic (exact) mass is 392 g/mol. The maximum atomic E-state index is 12.6. The molecule has 2 aromatic carbocycles. The molecule has 1 saturated heterocycles. The summed E-state index contributed by atoms with van der Waals surface area (Å²) in [7, 11) is 1.52. The van der Waals surface area contributed by atoms with Crippen LogP contribution in [0.5, 0.6) is 5.75 Å². The lowest BCUT2D eigenvalue weighted by molar-refractivity contribution is -0.122. The van der Waals surface area contributed by atoms with Crippen LogP contribution in [0, 0.1) is 12.8 Å². The molecule has 136 valence electrons. The first-order chi connectivity index (χ1) is 12.4. The van der Waals surface area contributed by atoms with Gasteiger partial charge >= 0.3 is 0 Å². The number of anilines is 2. The van der Waals surface area contributed by atoms with Gasteiger partial charge in [0, 0.05) is 28.7 Å². The molecular weight excluding hydrogens is 375 g/mol. The Bertz CT molecular complexity index is 870. The van der Waals surface area contributed by atoms with Gasteiger partial charge in [0.25, 0.3) is 0 Å². The molecule has 0 saturated carbocycles. The SMILES string of the molecule is COc1ccc(Cl)cc1NC(=O)C1CC(=O)N(c2ccc(Cl)cc2C)C1. The van der Waals surface area contributed by atoms with Crippen LogP contribution in [-0.2, 0) is 9.59 Å². The maximum Gasteiger partial charge on any atom is 0.229 e. The molecule has 1 fully saturated rings. The van der Waals surface area contributed by atoms with Crippen LogP contribution in [0.25, 0.3) is 0 Å². The summed E-state index contributed by atoms with van der Waals surface area (Å²) < 4.78 is 5.24. The fraction of sp³-hybridized carbons (Fsp3) is 0.263. The number of methoxy groups -OCH3 is 1. The molecule has 7 heteroatoms. The van der Waals surface area contributed by atoms with E-state index in [0.29, 0.717) is 28.0 Å². The number of amides is 2. The molecule has 26 heavy (non-hydrogen) atoms. The van der Waals surface area contributed by atoms with Crippen molar-refractivity contribution in [2.24, 2.45) is 5.92 Å². The Morgan fingerprint density at radius 2 is 1.88 bits per heavy atom. The number of aryl methyl sites for hydroxylation is 1. The van der Waals surface area contributed by atoms with E-state index in [0.717, 1.165) is 11.3 Å². The van der Waals surface area contributed by atoms with Crippen molar-refractivity contribution in [1.29, 1.82) is 0 Å². The molecule has 1 N–H and O–H groups in total. The third kappa shape index (κ3) is 3.79. The number of hydrogen-bond acceptors (Lipinski definition) is 3. The molecule has 0 spiro atoms. The van der Waals surface area contributed by atoms with Crippen molar-refractivity contribution in [2.45, 2.75) is 13.3 Å². The predicted octanol–water partition coefficient (Wildman–Crippen LogP) is 4.30. The highest BCUT2D eigenvalue weighted by atomic mass is 35.5. The highest BCUT2D eigenvalue weighted by molar-refractivity contribution is 6.31.